The Labute approximate surface area is 194 Å². The summed E-state index contributed by atoms with van der Waals surface area (Å²) < 4.78 is 99.5. The predicted molar refractivity (Wildman–Crippen MR) is 118 cm³/mol. The van der Waals surface area contributed by atoms with Gasteiger partial charge in [-0.1, -0.05) is 20.8 Å². The van der Waals surface area contributed by atoms with E-state index < -0.39 is 50.9 Å². The molecule has 0 aliphatic heterocycles. The van der Waals surface area contributed by atoms with Gasteiger partial charge in [-0.3, -0.25) is 4.98 Å². The van der Waals surface area contributed by atoms with E-state index in [1.54, 1.807) is 4.57 Å². The van der Waals surface area contributed by atoms with E-state index in [0.29, 0.717) is 31.0 Å². The monoisotopic (exact) mass is 501 g/mol. The van der Waals surface area contributed by atoms with Gasteiger partial charge in [0.25, 0.3) is 6.43 Å². The van der Waals surface area contributed by atoms with E-state index in [0.717, 1.165) is 12.3 Å². The largest absolute Gasteiger partial charge is 0.347 e. The average Bonchev–Trinajstić information content (AvgIpc) is 3.51. The molecule has 1 aromatic carbocycles. The number of fused-ring (bicyclic) bond motifs is 1. The maximum absolute atomic E-state index is 15.1. The van der Waals surface area contributed by atoms with Gasteiger partial charge < -0.3 is 4.57 Å². The molecule has 2 heterocycles. The molecule has 34 heavy (non-hydrogen) atoms. The number of hydrogen-bond donors (Lipinski definition) is 1. The Morgan fingerprint density at radius 1 is 1.12 bits per heavy atom. The van der Waals surface area contributed by atoms with E-state index in [-0.39, 0.29) is 21.9 Å². The van der Waals surface area contributed by atoms with Crippen molar-refractivity contribution in [1.29, 1.82) is 0 Å². The molecule has 184 valence electrons. The van der Waals surface area contributed by atoms with Crippen LogP contribution >= 0.6 is 0 Å². The molecule has 0 amide bonds. The van der Waals surface area contributed by atoms with Crippen molar-refractivity contribution in [3.05, 3.63) is 53.6 Å². The van der Waals surface area contributed by atoms with Crippen molar-refractivity contribution < 1.29 is 30.4 Å². The number of sulfonamides is 1. The zero-order valence-electron chi connectivity index (χ0n) is 18.7. The maximum Gasteiger partial charge on any atom is 0.258 e. The molecule has 0 radical (unpaired) electrons. The van der Waals surface area contributed by atoms with Crippen LogP contribution in [0.2, 0.25) is 0 Å². The van der Waals surface area contributed by atoms with Crippen LogP contribution < -0.4 is 4.72 Å². The highest BCUT2D eigenvalue weighted by Crippen LogP contribution is 2.38. The lowest BCUT2D eigenvalue weighted by Gasteiger charge is -2.20. The molecule has 11 heteroatoms. The third kappa shape index (κ3) is 4.95. The number of pyridine rings is 1. The van der Waals surface area contributed by atoms with Crippen LogP contribution in [0.1, 0.15) is 45.2 Å². The topological polar surface area (TPSA) is 64.0 Å². The molecule has 1 N–H and O–H groups in total. The smallest absolute Gasteiger partial charge is 0.258 e. The molecule has 4 rings (SSSR count). The molecule has 1 unspecified atom stereocenters. The predicted octanol–water partition coefficient (Wildman–Crippen LogP) is 5.55. The van der Waals surface area contributed by atoms with Crippen LogP contribution in [-0.2, 0) is 16.6 Å². The summed E-state index contributed by atoms with van der Waals surface area (Å²) in [7, 11) is -3.97. The van der Waals surface area contributed by atoms with E-state index in [1.165, 1.54) is 12.3 Å². The standard InChI is InChI=1S/C23H24F5N3O2S/c1-23(2,3)11-31-10-16(21(22(27)28)30-34(32,33)13-4-5-13)14-7-17(25)15(8-19(14)31)20-18(26)6-12(24)9-29-20/h6-10,13,21-22,30H,4-5,11H2,1-3H3. The molecule has 1 aliphatic rings. The number of alkyl halides is 2. The van der Waals surface area contributed by atoms with Crippen molar-refractivity contribution >= 4 is 20.9 Å². The number of hydrogen-bond acceptors (Lipinski definition) is 3. The van der Waals surface area contributed by atoms with Crippen LogP contribution in [0.25, 0.3) is 22.2 Å². The summed E-state index contributed by atoms with van der Waals surface area (Å²) in [4.78, 5) is 3.65. The number of rotatable bonds is 7. The third-order valence-electron chi connectivity index (χ3n) is 5.55. The first-order chi connectivity index (χ1) is 15.8. The lowest BCUT2D eigenvalue weighted by molar-refractivity contribution is 0.109. The Hall–Kier alpha value is -2.53. The second-order valence-electron chi connectivity index (χ2n) is 9.78. The van der Waals surface area contributed by atoms with Crippen LogP contribution in [-0.4, -0.2) is 29.6 Å². The summed E-state index contributed by atoms with van der Waals surface area (Å²) in [5.74, 6) is -2.96. The van der Waals surface area contributed by atoms with Gasteiger partial charge in [0.2, 0.25) is 10.0 Å². The van der Waals surface area contributed by atoms with Crippen molar-refractivity contribution in [3.8, 4) is 11.3 Å². The lowest BCUT2D eigenvalue weighted by Crippen LogP contribution is -2.35. The molecular weight excluding hydrogens is 477 g/mol. The Balaban J connectivity index is 1.91. The number of nitrogens with zero attached hydrogens (tertiary/aromatic N) is 2. The fourth-order valence-electron chi connectivity index (χ4n) is 3.92. The quantitative estimate of drug-likeness (QED) is 0.432. The highest BCUT2D eigenvalue weighted by Gasteiger charge is 2.40. The molecule has 5 nitrogen and oxygen atoms in total. The summed E-state index contributed by atoms with van der Waals surface area (Å²) in [6.07, 6.45) is -0.182. The first kappa shape index (κ1) is 24.6. The van der Waals surface area contributed by atoms with Crippen molar-refractivity contribution in [2.45, 2.75) is 57.9 Å². The number of nitrogens with one attached hydrogen (secondary N) is 1. The molecule has 0 bridgehead atoms. The molecular formula is C23H24F5N3O2S. The Morgan fingerprint density at radius 2 is 1.79 bits per heavy atom. The van der Waals surface area contributed by atoms with Gasteiger partial charge in [0.05, 0.1) is 11.4 Å². The average molecular weight is 502 g/mol. The highest BCUT2D eigenvalue weighted by molar-refractivity contribution is 7.90. The summed E-state index contributed by atoms with van der Waals surface area (Å²) in [6.45, 7) is 6.04. The minimum absolute atomic E-state index is 0.0665. The lowest BCUT2D eigenvalue weighted by atomic mass is 9.97. The fourth-order valence-corrected chi connectivity index (χ4v) is 5.46. The third-order valence-corrected chi connectivity index (χ3v) is 7.48. The van der Waals surface area contributed by atoms with Gasteiger partial charge in [0, 0.05) is 40.8 Å². The van der Waals surface area contributed by atoms with Gasteiger partial charge >= 0.3 is 0 Å². The van der Waals surface area contributed by atoms with Crippen LogP contribution in [0.3, 0.4) is 0 Å². The highest BCUT2D eigenvalue weighted by atomic mass is 32.2. The summed E-state index contributed by atoms with van der Waals surface area (Å²) in [5, 5.41) is -0.649. The molecule has 1 atom stereocenters. The minimum atomic E-state index is -3.97. The summed E-state index contributed by atoms with van der Waals surface area (Å²) >= 11 is 0. The van der Waals surface area contributed by atoms with Gasteiger partial charge in [0.15, 0.2) is 5.82 Å². The molecule has 3 aromatic rings. The Morgan fingerprint density at radius 3 is 2.35 bits per heavy atom. The SMILES string of the molecule is CC(C)(C)Cn1cc(C(NS(=O)(=O)C2CC2)C(F)F)c2cc(F)c(-c3ncc(F)cc3F)cc21. The first-order valence-electron chi connectivity index (χ1n) is 10.7. The van der Waals surface area contributed by atoms with Gasteiger partial charge in [-0.2, -0.15) is 0 Å². The molecule has 0 saturated heterocycles. The normalized spacial score (nSPS) is 15.9. The van der Waals surface area contributed by atoms with E-state index in [1.807, 2.05) is 20.8 Å². The van der Waals surface area contributed by atoms with Crippen LogP contribution in [0, 0.1) is 22.9 Å². The van der Waals surface area contributed by atoms with Gasteiger partial charge in [-0.25, -0.2) is 35.1 Å². The van der Waals surface area contributed by atoms with E-state index in [2.05, 4.69) is 9.71 Å². The molecule has 2 aromatic heterocycles. The Kier molecular flexibility index (Phi) is 6.22. The first-order valence-corrected chi connectivity index (χ1v) is 12.2. The van der Waals surface area contributed by atoms with Crippen LogP contribution in [0.5, 0.6) is 0 Å². The van der Waals surface area contributed by atoms with Crippen LogP contribution in [0.15, 0.2) is 30.6 Å². The van der Waals surface area contributed by atoms with Gasteiger partial charge in [-0.15, -0.1) is 0 Å². The van der Waals surface area contributed by atoms with Crippen molar-refractivity contribution in [2.24, 2.45) is 5.41 Å². The minimum Gasteiger partial charge on any atom is -0.347 e. The second kappa shape index (κ2) is 8.60. The van der Waals surface area contributed by atoms with Crippen molar-refractivity contribution in [1.82, 2.24) is 14.3 Å². The Bertz CT molecular complexity index is 1340. The number of halogens is 5. The number of benzene rings is 1. The molecule has 0 spiro atoms. The summed E-state index contributed by atoms with van der Waals surface area (Å²) in [6, 6.07) is 0.914. The van der Waals surface area contributed by atoms with Gasteiger partial charge in [-0.05, 0) is 30.4 Å². The van der Waals surface area contributed by atoms with E-state index >= 15 is 4.39 Å². The van der Waals surface area contributed by atoms with E-state index in [4.69, 9.17) is 0 Å². The second-order valence-corrected chi connectivity index (χ2v) is 11.8. The number of aromatic nitrogens is 2. The van der Waals surface area contributed by atoms with E-state index in [9.17, 15) is 26.0 Å². The summed E-state index contributed by atoms with van der Waals surface area (Å²) in [5.41, 5.74) is -0.812. The molecule has 1 aliphatic carbocycles. The van der Waals surface area contributed by atoms with Crippen LogP contribution in [0.4, 0.5) is 22.0 Å². The molecule has 1 saturated carbocycles. The zero-order valence-corrected chi connectivity index (χ0v) is 19.6. The zero-order chi connectivity index (χ0) is 25.0. The maximum atomic E-state index is 15.1. The van der Waals surface area contributed by atoms with Crippen molar-refractivity contribution in [2.75, 3.05) is 0 Å². The van der Waals surface area contributed by atoms with Crippen molar-refractivity contribution in [3.63, 3.8) is 0 Å². The molecule has 1 fully saturated rings. The fraction of sp³-hybridized carbons (Fsp3) is 0.435. The van der Waals surface area contributed by atoms with Gasteiger partial charge in [0.1, 0.15) is 23.4 Å².